The minimum absolute atomic E-state index is 0.593. The maximum atomic E-state index is 3.78. The molecule has 1 N–H and O–H groups in total. The number of hydrogen-bond donors (Lipinski definition) is 1. The maximum Gasteiger partial charge on any atom is 0.0480 e. The molecule has 1 aromatic carbocycles. The second-order valence-corrected chi connectivity index (χ2v) is 5.55. The third kappa shape index (κ3) is 5.18. The van der Waals surface area contributed by atoms with Gasteiger partial charge >= 0.3 is 0 Å². The molecule has 1 nitrogen and oxygen atoms in total. The zero-order valence-corrected chi connectivity index (χ0v) is 12.4. The minimum Gasteiger partial charge on any atom is -0.381 e. The fraction of sp³-hybridized carbons (Fsp3) is 0.500. The van der Waals surface area contributed by atoms with Crippen LogP contribution >= 0.6 is 11.8 Å². The topological polar surface area (TPSA) is 12.0 Å². The first-order valence-electron chi connectivity index (χ1n) is 6.91. The number of thioether (sulfide) groups is 1. The molecule has 0 aliphatic rings. The zero-order valence-electron chi connectivity index (χ0n) is 11.6. The summed E-state index contributed by atoms with van der Waals surface area (Å²) in [5, 5.41) is 3.69. The van der Waals surface area contributed by atoms with E-state index in [0.29, 0.717) is 6.04 Å². The van der Waals surface area contributed by atoms with Crippen LogP contribution in [0.15, 0.2) is 41.8 Å². The Morgan fingerprint density at radius 1 is 1.33 bits per heavy atom. The number of benzene rings is 1. The first-order valence-corrected chi connectivity index (χ1v) is 7.89. The van der Waals surface area contributed by atoms with Crippen LogP contribution in [0.25, 0.3) is 0 Å². The number of hydrogen-bond acceptors (Lipinski definition) is 2. The first-order chi connectivity index (χ1) is 8.81. The molecule has 0 radical (unpaired) electrons. The summed E-state index contributed by atoms with van der Waals surface area (Å²) in [6.07, 6.45) is 6.96. The molecule has 1 unspecified atom stereocenters. The summed E-state index contributed by atoms with van der Waals surface area (Å²) in [6, 6.07) is 9.16. The molecule has 1 rings (SSSR count). The van der Waals surface area contributed by atoms with Crippen LogP contribution < -0.4 is 5.32 Å². The van der Waals surface area contributed by atoms with Crippen LogP contribution in [0.3, 0.4) is 0 Å². The van der Waals surface area contributed by atoms with E-state index in [2.05, 4.69) is 50.0 Å². The van der Waals surface area contributed by atoms with Gasteiger partial charge in [-0.1, -0.05) is 44.9 Å². The average molecular weight is 263 g/mol. The van der Waals surface area contributed by atoms with Gasteiger partial charge in [0, 0.05) is 22.4 Å². The highest BCUT2D eigenvalue weighted by Gasteiger charge is 2.08. The van der Waals surface area contributed by atoms with Crippen molar-refractivity contribution in [3.63, 3.8) is 0 Å². The van der Waals surface area contributed by atoms with E-state index in [9.17, 15) is 0 Å². The monoisotopic (exact) mass is 263 g/mol. The van der Waals surface area contributed by atoms with Gasteiger partial charge in [0.05, 0.1) is 0 Å². The normalized spacial score (nSPS) is 12.1. The lowest BCUT2D eigenvalue weighted by atomic mass is 10.1. The molecule has 0 heterocycles. The summed E-state index contributed by atoms with van der Waals surface area (Å²) < 4.78 is 0. The van der Waals surface area contributed by atoms with Gasteiger partial charge in [0.25, 0.3) is 0 Å². The van der Waals surface area contributed by atoms with Gasteiger partial charge in [-0.05, 0) is 25.0 Å². The van der Waals surface area contributed by atoms with Crippen molar-refractivity contribution in [1.29, 1.82) is 0 Å². The van der Waals surface area contributed by atoms with E-state index in [1.54, 1.807) is 0 Å². The first kappa shape index (κ1) is 15.2. The molecule has 1 aromatic rings. The zero-order chi connectivity index (χ0) is 13.2. The van der Waals surface area contributed by atoms with Crippen LogP contribution in [0.5, 0.6) is 0 Å². The van der Waals surface area contributed by atoms with E-state index in [1.165, 1.54) is 36.3 Å². The Labute approximate surface area is 116 Å². The predicted molar refractivity (Wildman–Crippen MR) is 84.6 cm³/mol. The van der Waals surface area contributed by atoms with Crippen LogP contribution in [0.1, 0.15) is 39.5 Å². The third-order valence-electron chi connectivity index (χ3n) is 3.00. The molecule has 0 spiro atoms. The minimum atomic E-state index is 0.593. The van der Waals surface area contributed by atoms with Crippen molar-refractivity contribution in [2.24, 2.45) is 0 Å². The van der Waals surface area contributed by atoms with Gasteiger partial charge in [0.2, 0.25) is 0 Å². The number of unbranched alkanes of at least 4 members (excludes halogenated alkanes) is 1. The molecule has 0 saturated heterocycles. The molecule has 2 heteroatoms. The molecule has 0 bridgehead atoms. The summed E-state index contributed by atoms with van der Waals surface area (Å²) in [5.74, 6) is 0.963. The second-order valence-electron chi connectivity index (χ2n) is 4.49. The van der Waals surface area contributed by atoms with Gasteiger partial charge < -0.3 is 5.32 Å². The quantitative estimate of drug-likeness (QED) is 0.476. The number of anilines is 1. The van der Waals surface area contributed by atoms with E-state index >= 15 is 0 Å². The molecule has 1 atom stereocenters. The summed E-state index contributed by atoms with van der Waals surface area (Å²) in [4.78, 5) is 1.33. The van der Waals surface area contributed by atoms with Gasteiger partial charge in [-0.25, -0.2) is 0 Å². The molecule has 0 aliphatic carbocycles. The molecule has 18 heavy (non-hydrogen) atoms. The summed E-state index contributed by atoms with van der Waals surface area (Å²) in [6.45, 7) is 8.29. The van der Waals surface area contributed by atoms with Crippen molar-refractivity contribution in [3.05, 3.63) is 36.9 Å². The molecule has 0 aromatic heterocycles. The van der Waals surface area contributed by atoms with Crippen LogP contribution in [0.4, 0.5) is 5.69 Å². The molecule has 100 valence electrons. The summed E-state index contributed by atoms with van der Waals surface area (Å²) >= 11 is 1.84. The lowest BCUT2D eigenvalue weighted by Gasteiger charge is -2.20. The summed E-state index contributed by atoms with van der Waals surface area (Å²) in [5.41, 5.74) is 1.27. The standard InChI is InChI=1S/C16H25NS/c1-4-7-10-14(6-3)17-15-11-8-9-12-16(15)18-13-5-2/h5,8-9,11-12,14,17H,2,4,6-7,10,13H2,1,3H3. The second kappa shape index (κ2) is 9.09. The van der Waals surface area contributed by atoms with Gasteiger partial charge in [-0.3, -0.25) is 0 Å². The van der Waals surface area contributed by atoms with Crippen LogP contribution in [-0.4, -0.2) is 11.8 Å². The molecule has 0 amide bonds. The van der Waals surface area contributed by atoms with Crippen molar-refractivity contribution < 1.29 is 0 Å². The van der Waals surface area contributed by atoms with E-state index in [-0.39, 0.29) is 0 Å². The van der Waals surface area contributed by atoms with Gasteiger partial charge in [0.1, 0.15) is 0 Å². The van der Waals surface area contributed by atoms with E-state index in [0.717, 1.165) is 5.75 Å². The molecule has 0 saturated carbocycles. The Morgan fingerprint density at radius 3 is 2.78 bits per heavy atom. The van der Waals surface area contributed by atoms with E-state index < -0.39 is 0 Å². The Morgan fingerprint density at radius 2 is 2.11 bits per heavy atom. The lowest BCUT2D eigenvalue weighted by molar-refractivity contribution is 0.592. The van der Waals surface area contributed by atoms with Crippen molar-refractivity contribution in [3.8, 4) is 0 Å². The Balaban J connectivity index is 2.65. The Hall–Kier alpha value is -0.890. The highest BCUT2D eigenvalue weighted by molar-refractivity contribution is 7.99. The van der Waals surface area contributed by atoms with Crippen LogP contribution in [-0.2, 0) is 0 Å². The van der Waals surface area contributed by atoms with Crippen molar-refractivity contribution in [2.75, 3.05) is 11.1 Å². The van der Waals surface area contributed by atoms with Crippen LogP contribution in [0.2, 0.25) is 0 Å². The highest BCUT2D eigenvalue weighted by Crippen LogP contribution is 2.28. The average Bonchev–Trinajstić information content (AvgIpc) is 2.42. The van der Waals surface area contributed by atoms with Gasteiger partial charge in [-0.2, -0.15) is 0 Å². The fourth-order valence-electron chi connectivity index (χ4n) is 1.91. The Kier molecular flexibility index (Phi) is 7.66. The molecule has 0 aliphatic heterocycles. The molecule has 0 fully saturated rings. The smallest absolute Gasteiger partial charge is 0.0480 e. The SMILES string of the molecule is C=CCSc1ccccc1NC(CC)CCCC. The van der Waals surface area contributed by atoms with Gasteiger partial charge in [-0.15, -0.1) is 18.3 Å². The van der Waals surface area contributed by atoms with E-state index in [4.69, 9.17) is 0 Å². The number of nitrogens with one attached hydrogen (secondary N) is 1. The number of para-hydroxylation sites is 1. The third-order valence-corrected chi connectivity index (χ3v) is 4.07. The van der Waals surface area contributed by atoms with Crippen molar-refractivity contribution in [1.82, 2.24) is 0 Å². The Bertz CT molecular complexity index is 349. The van der Waals surface area contributed by atoms with Gasteiger partial charge in [0.15, 0.2) is 0 Å². The highest BCUT2D eigenvalue weighted by atomic mass is 32.2. The largest absolute Gasteiger partial charge is 0.381 e. The number of rotatable bonds is 9. The molecular formula is C16H25NS. The fourth-order valence-corrected chi connectivity index (χ4v) is 2.66. The van der Waals surface area contributed by atoms with Crippen molar-refractivity contribution in [2.45, 2.75) is 50.5 Å². The summed E-state index contributed by atoms with van der Waals surface area (Å²) in [7, 11) is 0. The molecular weight excluding hydrogens is 238 g/mol. The maximum absolute atomic E-state index is 3.78. The lowest BCUT2D eigenvalue weighted by Crippen LogP contribution is -2.18. The van der Waals surface area contributed by atoms with Crippen LogP contribution in [0, 0.1) is 0 Å². The van der Waals surface area contributed by atoms with Crippen molar-refractivity contribution >= 4 is 17.4 Å². The van der Waals surface area contributed by atoms with E-state index in [1.807, 2.05) is 17.8 Å². The predicted octanol–water partition coefficient (Wildman–Crippen LogP) is 5.35.